The van der Waals surface area contributed by atoms with Gasteiger partial charge in [-0.2, -0.15) is 0 Å². The van der Waals surface area contributed by atoms with E-state index in [1.807, 2.05) is 30.0 Å². The number of carbonyl (C=O) groups excluding carboxylic acids is 1. The topological polar surface area (TPSA) is 79.5 Å². The molecule has 2 atom stereocenters. The van der Waals surface area contributed by atoms with Crippen LogP contribution in [0.25, 0.3) is 0 Å². The van der Waals surface area contributed by atoms with E-state index in [2.05, 4.69) is 24.9 Å². The summed E-state index contributed by atoms with van der Waals surface area (Å²) in [6.07, 6.45) is 0.879. The van der Waals surface area contributed by atoms with Gasteiger partial charge in [0.05, 0.1) is 22.8 Å². The van der Waals surface area contributed by atoms with Gasteiger partial charge in [0, 0.05) is 24.4 Å². The molecule has 4 rings (SSSR count). The first-order valence-corrected chi connectivity index (χ1v) is 10.5. The fourth-order valence-electron chi connectivity index (χ4n) is 4.59. The van der Waals surface area contributed by atoms with Crippen LogP contribution in [0.2, 0.25) is 0 Å². The van der Waals surface area contributed by atoms with Gasteiger partial charge in [-0.15, -0.1) is 11.3 Å². The average molecular weight is 386 g/mol. The zero-order chi connectivity index (χ0) is 19.3. The Morgan fingerprint density at radius 3 is 2.63 bits per heavy atom. The molecule has 2 aromatic rings. The number of fused-ring (bicyclic) bond motifs is 2. The highest BCUT2D eigenvalue weighted by Gasteiger charge is 2.51. The minimum Gasteiger partial charge on any atom is -0.390 e. The Morgan fingerprint density at radius 2 is 2.00 bits per heavy atom. The van der Waals surface area contributed by atoms with Crippen molar-refractivity contribution in [1.29, 1.82) is 0 Å². The van der Waals surface area contributed by atoms with Crippen LogP contribution < -0.4 is 5.73 Å². The lowest BCUT2D eigenvalue weighted by Crippen LogP contribution is -2.50. The molecule has 6 heteroatoms. The molecule has 144 valence electrons. The van der Waals surface area contributed by atoms with Crippen LogP contribution in [0.15, 0.2) is 24.3 Å². The van der Waals surface area contributed by atoms with Gasteiger partial charge >= 0.3 is 0 Å². The lowest BCUT2D eigenvalue weighted by molar-refractivity contribution is 0.0264. The summed E-state index contributed by atoms with van der Waals surface area (Å²) < 4.78 is 0. The van der Waals surface area contributed by atoms with Gasteiger partial charge in [0.1, 0.15) is 4.88 Å². The number of aryl methyl sites for hydroxylation is 1. The van der Waals surface area contributed by atoms with Gasteiger partial charge in [-0.3, -0.25) is 4.79 Å². The highest BCUT2D eigenvalue weighted by Crippen LogP contribution is 2.50. The monoisotopic (exact) mass is 385 g/mol. The number of piperidine rings is 1. The van der Waals surface area contributed by atoms with Crippen molar-refractivity contribution in [2.45, 2.75) is 57.1 Å². The van der Waals surface area contributed by atoms with E-state index in [1.165, 1.54) is 11.3 Å². The molecule has 1 aromatic carbocycles. The van der Waals surface area contributed by atoms with Gasteiger partial charge in [0.2, 0.25) is 0 Å². The van der Waals surface area contributed by atoms with Crippen molar-refractivity contribution in [2.75, 3.05) is 13.1 Å². The number of aromatic nitrogens is 1. The smallest absolute Gasteiger partial charge is 0.265 e. The van der Waals surface area contributed by atoms with Crippen molar-refractivity contribution >= 4 is 17.2 Å². The normalized spacial score (nSPS) is 23.9. The molecule has 0 saturated carbocycles. The first-order valence-electron chi connectivity index (χ1n) is 9.65. The first kappa shape index (κ1) is 18.6. The van der Waals surface area contributed by atoms with Crippen LogP contribution in [0.4, 0.5) is 0 Å². The summed E-state index contributed by atoms with van der Waals surface area (Å²) in [4.78, 5) is 20.3. The Balaban J connectivity index is 1.55. The van der Waals surface area contributed by atoms with Gasteiger partial charge < -0.3 is 15.7 Å². The number of benzene rings is 1. The van der Waals surface area contributed by atoms with E-state index in [1.54, 1.807) is 0 Å². The van der Waals surface area contributed by atoms with E-state index in [-0.39, 0.29) is 17.4 Å². The number of aliphatic hydroxyl groups excluding tert-OH is 1. The van der Waals surface area contributed by atoms with E-state index in [4.69, 9.17) is 5.73 Å². The Hall–Kier alpha value is -1.76. The molecular formula is C21H27N3O2S. The van der Waals surface area contributed by atoms with E-state index in [0.29, 0.717) is 19.0 Å². The van der Waals surface area contributed by atoms with Crippen molar-refractivity contribution in [3.8, 4) is 0 Å². The number of nitrogens with zero attached hydrogens (tertiary/aromatic N) is 2. The standard InChI is InChI=1S/C21H27N3O2S/c1-12(2)19-23-13(3)17(27-19)20(26)24-10-8-21(9-11-24)15-7-5-4-6-14(15)16(22)18(21)25/h4-7,12,16,18,25H,8-11,22H2,1-3H3/t16-,18+/m1/s1. The van der Waals surface area contributed by atoms with Crippen LogP contribution in [-0.2, 0) is 5.41 Å². The Labute approximate surface area is 164 Å². The number of hydrogen-bond acceptors (Lipinski definition) is 5. The van der Waals surface area contributed by atoms with Crippen LogP contribution in [0, 0.1) is 6.92 Å². The molecule has 0 unspecified atom stereocenters. The van der Waals surface area contributed by atoms with Crippen molar-refractivity contribution < 1.29 is 9.90 Å². The number of rotatable bonds is 2. The Kier molecular flexibility index (Phi) is 4.61. The number of hydrogen-bond donors (Lipinski definition) is 2. The molecule has 5 nitrogen and oxygen atoms in total. The second kappa shape index (κ2) is 6.69. The van der Waals surface area contributed by atoms with Crippen molar-refractivity contribution in [2.24, 2.45) is 5.73 Å². The van der Waals surface area contributed by atoms with E-state index in [9.17, 15) is 9.90 Å². The van der Waals surface area contributed by atoms with Crippen LogP contribution >= 0.6 is 11.3 Å². The maximum absolute atomic E-state index is 13.1. The first-order chi connectivity index (χ1) is 12.8. The second-order valence-electron chi connectivity index (χ2n) is 8.13. The summed E-state index contributed by atoms with van der Waals surface area (Å²) in [6.45, 7) is 7.37. The van der Waals surface area contributed by atoms with Crippen LogP contribution in [0.5, 0.6) is 0 Å². The molecule has 1 spiro atoms. The highest BCUT2D eigenvalue weighted by molar-refractivity contribution is 7.13. The van der Waals surface area contributed by atoms with Gasteiger partial charge in [0.15, 0.2) is 0 Å². The molecular weight excluding hydrogens is 358 g/mol. The number of nitrogens with two attached hydrogens (primary N) is 1. The molecule has 3 N–H and O–H groups in total. The summed E-state index contributed by atoms with van der Waals surface area (Å²) in [5, 5.41) is 11.9. The zero-order valence-electron chi connectivity index (χ0n) is 16.1. The molecule has 2 heterocycles. The fourth-order valence-corrected chi connectivity index (χ4v) is 5.63. The Bertz CT molecular complexity index is 868. The third-order valence-electron chi connectivity index (χ3n) is 6.21. The molecule has 1 fully saturated rings. The number of carbonyl (C=O) groups is 1. The SMILES string of the molecule is Cc1nc(C(C)C)sc1C(=O)N1CCC2(CC1)c1ccccc1[C@@H](N)[C@@H]2O. The molecule has 1 amide bonds. The van der Waals surface area contributed by atoms with Crippen LogP contribution in [0.3, 0.4) is 0 Å². The van der Waals surface area contributed by atoms with Gasteiger partial charge in [-0.05, 0) is 30.9 Å². The zero-order valence-corrected chi connectivity index (χ0v) is 16.9. The van der Waals surface area contributed by atoms with Gasteiger partial charge in [-0.25, -0.2) is 4.98 Å². The fraction of sp³-hybridized carbons (Fsp3) is 0.524. The quantitative estimate of drug-likeness (QED) is 0.832. The third-order valence-corrected chi connectivity index (χ3v) is 7.65. The van der Waals surface area contributed by atoms with Crippen molar-refractivity contribution in [3.63, 3.8) is 0 Å². The second-order valence-corrected chi connectivity index (χ2v) is 9.16. The van der Waals surface area contributed by atoms with Crippen LogP contribution in [-0.4, -0.2) is 40.1 Å². The summed E-state index contributed by atoms with van der Waals surface area (Å²) in [5.41, 5.74) is 8.99. The summed E-state index contributed by atoms with van der Waals surface area (Å²) in [7, 11) is 0. The minimum atomic E-state index is -0.593. The van der Waals surface area contributed by atoms with Crippen molar-refractivity contribution in [1.82, 2.24) is 9.88 Å². The van der Waals surface area contributed by atoms with E-state index < -0.39 is 6.10 Å². The van der Waals surface area contributed by atoms with Crippen LogP contribution in [0.1, 0.15) is 70.1 Å². The minimum absolute atomic E-state index is 0.0665. The van der Waals surface area contributed by atoms with E-state index in [0.717, 1.165) is 39.5 Å². The molecule has 1 saturated heterocycles. The summed E-state index contributed by atoms with van der Waals surface area (Å²) in [5.74, 6) is 0.392. The predicted molar refractivity (Wildman–Crippen MR) is 107 cm³/mol. The maximum atomic E-state index is 13.1. The maximum Gasteiger partial charge on any atom is 0.265 e. The lowest BCUT2D eigenvalue weighted by Gasteiger charge is -2.42. The highest BCUT2D eigenvalue weighted by atomic mass is 32.1. The third kappa shape index (κ3) is 2.82. The number of aliphatic hydroxyl groups is 1. The molecule has 1 aromatic heterocycles. The number of likely N-dealkylation sites (tertiary alicyclic amines) is 1. The number of thiazole rings is 1. The molecule has 0 bridgehead atoms. The number of amides is 1. The van der Waals surface area contributed by atoms with Gasteiger partial charge in [0.25, 0.3) is 5.91 Å². The summed E-state index contributed by atoms with van der Waals surface area (Å²) >= 11 is 1.51. The van der Waals surface area contributed by atoms with Crippen molar-refractivity contribution in [3.05, 3.63) is 51.0 Å². The largest absolute Gasteiger partial charge is 0.390 e. The molecule has 27 heavy (non-hydrogen) atoms. The Morgan fingerprint density at radius 1 is 1.33 bits per heavy atom. The molecule has 1 aliphatic heterocycles. The predicted octanol–water partition coefficient (Wildman–Crippen LogP) is 3.12. The lowest BCUT2D eigenvalue weighted by atomic mass is 9.72. The summed E-state index contributed by atoms with van der Waals surface area (Å²) in [6, 6.07) is 7.74. The molecule has 0 radical (unpaired) electrons. The average Bonchev–Trinajstić information content (AvgIpc) is 3.16. The van der Waals surface area contributed by atoms with E-state index >= 15 is 0 Å². The molecule has 1 aliphatic carbocycles. The molecule has 2 aliphatic rings. The van der Waals surface area contributed by atoms with Gasteiger partial charge in [-0.1, -0.05) is 38.1 Å².